The standard InChI is InChI=1S/C14H21ClN4O3/c1-21-13-16-5-11(15)12(18-13)17-7-14(8-20)9-22-6-10-3-2-4-19(10)14/h5,10,20H,2-4,6-9H2,1H3,(H,16,17,18)/t10-,14+/m0/s1. The molecule has 3 heterocycles. The quantitative estimate of drug-likeness (QED) is 0.826. The third-order valence-electron chi connectivity index (χ3n) is 4.45. The average Bonchev–Trinajstić information content (AvgIpc) is 3.03. The first kappa shape index (κ1) is 15.7. The molecule has 0 bridgehead atoms. The second kappa shape index (κ2) is 6.54. The Labute approximate surface area is 134 Å². The number of aliphatic hydroxyl groups excluding tert-OH is 1. The highest BCUT2D eigenvalue weighted by atomic mass is 35.5. The van der Waals surface area contributed by atoms with Gasteiger partial charge >= 0.3 is 6.01 Å². The molecule has 0 amide bonds. The van der Waals surface area contributed by atoms with Gasteiger partial charge in [0.1, 0.15) is 5.02 Å². The van der Waals surface area contributed by atoms with Crippen LogP contribution in [0, 0.1) is 0 Å². The molecule has 3 rings (SSSR count). The molecule has 7 nitrogen and oxygen atoms in total. The zero-order valence-electron chi connectivity index (χ0n) is 12.6. The maximum Gasteiger partial charge on any atom is 0.318 e. The van der Waals surface area contributed by atoms with E-state index in [4.69, 9.17) is 21.1 Å². The summed E-state index contributed by atoms with van der Waals surface area (Å²) < 4.78 is 10.7. The maximum atomic E-state index is 9.98. The van der Waals surface area contributed by atoms with Crippen molar-refractivity contribution in [2.75, 3.05) is 45.3 Å². The van der Waals surface area contributed by atoms with Crippen LogP contribution in [0.5, 0.6) is 6.01 Å². The van der Waals surface area contributed by atoms with Gasteiger partial charge in [-0.3, -0.25) is 4.90 Å². The minimum absolute atomic E-state index is 0.0241. The lowest BCUT2D eigenvalue weighted by atomic mass is 9.96. The Morgan fingerprint density at radius 1 is 1.64 bits per heavy atom. The fourth-order valence-electron chi connectivity index (χ4n) is 3.27. The molecule has 22 heavy (non-hydrogen) atoms. The van der Waals surface area contributed by atoms with E-state index in [1.54, 1.807) is 0 Å². The molecule has 0 unspecified atom stereocenters. The first-order valence-corrected chi connectivity index (χ1v) is 7.82. The summed E-state index contributed by atoms with van der Waals surface area (Å²) >= 11 is 6.12. The van der Waals surface area contributed by atoms with Crippen LogP contribution in [-0.4, -0.2) is 71.6 Å². The third-order valence-corrected chi connectivity index (χ3v) is 4.73. The maximum absolute atomic E-state index is 9.98. The number of hydrogen-bond donors (Lipinski definition) is 2. The van der Waals surface area contributed by atoms with Crippen molar-refractivity contribution in [3.05, 3.63) is 11.2 Å². The van der Waals surface area contributed by atoms with Crippen LogP contribution >= 0.6 is 11.6 Å². The summed E-state index contributed by atoms with van der Waals surface area (Å²) in [6.07, 6.45) is 3.75. The first-order chi connectivity index (χ1) is 10.7. The molecule has 122 valence electrons. The van der Waals surface area contributed by atoms with Gasteiger partial charge in [0, 0.05) is 12.6 Å². The van der Waals surface area contributed by atoms with Crippen molar-refractivity contribution < 1.29 is 14.6 Å². The van der Waals surface area contributed by atoms with Crippen molar-refractivity contribution in [1.82, 2.24) is 14.9 Å². The number of nitrogens with one attached hydrogen (secondary N) is 1. The Hall–Kier alpha value is -1.15. The van der Waals surface area contributed by atoms with E-state index in [1.807, 2.05) is 0 Å². The largest absolute Gasteiger partial charge is 0.467 e. The Kier molecular flexibility index (Phi) is 4.67. The van der Waals surface area contributed by atoms with E-state index in [2.05, 4.69) is 20.2 Å². The fourth-order valence-corrected chi connectivity index (χ4v) is 3.43. The Morgan fingerprint density at radius 2 is 2.50 bits per heavy atom. The van der Waals surface area contributed by atoms with Crippen LogP contribution in [0.3, 0.4) is 0 Å². The minimum Gasteiger partial charge on any atom is -0.467 e. The van der Waals surface area contributed by atoms with E-state index in [0.717, 1.165) is 26.0 Å². The number of morpholine rings is 1. The van der Waals surface area contributed by atoms with Gasteiger partial charge in [0.15, 0.2) is 5.82 Å². The van der Waals surface area contributed by atoms with Gasteiger partial charge in [0.25, 0.3) is 0 Å². The van der Waals surface area contributed by atoms with E-state index >= 15 is 0 Å². The average molecular weight is 329 g/mol. The summed E-state index contributed by atoms with van der Waals surface area (Å²) in [5.41, 5.74) is -0.444. The summed E-state index contributed by atoms with van der Waals surface area (Å²) in [4.78, 5) is 10.5. The van der Waals surface area contributed by atoms with E-state index in [0.29, 0.717) is 30.0 Å². The molecule has 8 heteroatoms. The van der Waals surface area contributed by atoms with Crippen molar-refractivity contribution in [2.45, 2.75) is 24.4 Å². The highest BCUT2D eigenvalue weighted by molar-refractivity contribution is 6.32. The number of rotatable bonds is 5. The lowest BCUT2D eigenvalue weighted by molar-refractivity contribution is -0.101. The zero-order valence-corrected chi connectivity index (χ0v) is 13.3. The number of nitrogens with zero attached hydrogens (tertiary/aromatic N) is 3. The zero-order chi connectivity index (χ0) is 15.6. The van der Waals surface area contributed by atoms with Gasteiger partial charge in [-0.25, -0.2) is 4.98 Å². The Bertz CT molecular complexity index is 533. The molecular weight excluding hydrogens is 308 g/mol. The molecular formula is C14H21ClN4O3. The molecule has 0 aromatic carbocycles. The fraction of sp³-hybridized carbons (Fsp3) is 0.714. The summed E-state index contributed by atoms with van der Waals surface area (Å²) in [6, 6.07) is 0.641. The Balaban J connectivity index is 1.75. The van der Waals surface area contributed by atoms with Crippen molar-refractivity contribution in [3.8, 4) is 6.01 Å². The number of hydrogen-bond acceptors (Lipinski definition) is 7. The molecule has 2 fully saturated rings. The second-order valence-corrected chi connectivity index (χ2v) is 6.20. The van der Waals surface area contributed by atoms with Crippen LogP contribution in [0.2, 0.25) is 5.02 Å². The molecule has 1 aromatic rings. The van der Waals surface area contributed by atoms with Crippen molar-refractivity contribution in [3.63, 3.8) is 0 Å². The molecule has 0 radical (unpaired) electrons. The van der Waals surface area contributed by atoms with E-state index in [-0.39, 0.29) is 12.6 Å². The monoisotopic (exact) mass is 328 g/mol. The van der Waals surface area contributed by atoms with Crippen LogP contribution in [0.25, 0.3) is 0 Å². The molecule has 2 saturated heterocycles. The molecule has 2 aliphatic heterocycles. The van der Waals surface area contributed by atoms with Crippen LogP contribution < -0.4 is 10.1 Å². The molecule has 0 spiro atoms. The molecule has 0 aliphatic carbocycles. The van der Waals surface area contributed by atoms with E-state index in [1.165, 1.54) is 13.3 Å². The number of aromatic nitrogens is 2. The SMILES string of the molecule is COc1ncc(Cl)c(NC[C@@]2(CO)COC[C@@H]3CCCN32)n1. The smallest absolute Gasteiger partial charge is 0.318 e. The number of methoxy groups -OCH3 is 1. The number of fused-ring (bicyclic) bond motifs is 1. The highest BCUT2D eigenvalue weighted by Gasteiger charge is 2.46. The number of aliphatic hydroxyl groups is 1. The van der Waals surface area contributed by atoms with Gasteiger partial charge in [-0.15, -0.1) is 0 Å². The molecule has 2 N–H and O–H groups in total. The molecule has 0 saturated carbocycles. The Morgan fingerprint density at radius 3 is 3.27 bits per heavy atom. The van der Waals surface area contributed by atoms with Gasteiger partial charge in [-0.05, 0) is 19.4 Å². The van der Waals surface area contributed by atoms with Crippen LogP contribution in [0.4, 0.5) is 5.82 Å². The lowest BCUT2D eigenvalue weighted by Crippen LogP contribution is -2.64. The first-order valence-electron chi connectivity index (χ1n) is 7.44. The van der Waals surface area contributed by atoms with Crippen LogP contribution in [-0.2, 0) is 4.74 Å². The summed E-state index contributed by atoms with van der Waals surface area (Å²) in [5, 5.41) is 13.6. The van der Waals surface area contributed by atoms with Crippen molar-refractivity contribution in [1.29, 1.82) is 0 Å². The van der Waals surface area contributed by atoms with Gasteiger partial charge in [0.2, 0.25) is 0 Å². The van der Waals surface area contributed by atoms with Crippen LogP contribution in [0.1, 0.15) is 12.8 Å². The van der Waals surface area contributed by atoms with Crippen LogP contribution in [0.15, 0.2) is 6.20 Å². The van der Waals surface area contributed by atoms with Gasteiger partial charge in [-0.2, -0.15) is 4.98 Å². The predicted molar refractivity (Wildman–Crippen MR) is 82.4 cm³/mol. The lowest BCUT2D eigenvalue weighted by Gasteiger charge is -2.47. The molecule has 1 aromatic heterocycles. The topological polar surface area (TPSA) is 79.7 Å². The number of anilines is 1. The summed E-state index contributed by atoms with van der Waals surface area (Å²) in [6.45, 7) is 2.74. The summed E-state index contributed by atoms with van der Waals surface area (Å²) in [5.74, 6) is 0.502. The van der Waals surface area contributed by atoms with Gasteiger partial charge < -0.3 is 19.9 Å². The second-order valence-electron chi connectivity index (χ2n) is 5.79. The van der Waals surface area contributed by atoms with Gasteiger partial charge in [-0.1, -0.05) is 11.6 Å². The third kappa shape index (κ3) is 2.86. The number of ether oxygens (including phenoxy) is 2. The predicted octanol–water partition coefficient (Wildman–Crippen LogP) is 0.776. The van der Waals surface area contributed by atoms with Crippen molar-refractivity contribution >= 4 is 17.4 Å². The van der Waals surface area contributed by atoms with E-state index < -0.39 is 5.54 Å². The highest BCUT2D eigenvalue weighted by Crippen LogP contribution is 2.32. The normalized spacial score (nSPS) is 28.4. The van der Waals surface area contributed by atoms with E-state index in [9.17, 15) is 5.11 Å². The number of halogens is 1. The van der Waals surface area contributed by atoms with Crippen molar-refractivity contribution in [2.24, 2.45) is 0 Å². The minimum atomic E-state index is -0.444. The summed E-state index contributed by atoms with van der Waals surface area (Å²) in [7, 11) is 1.51. The van der Waals surface area contributed by atoms with Gasteiger partial charge in [0.05, 0.1) is 38.7 Å². The molecule has 2 aliphatic rings. The molecule has 2 atom stereocenters.